The summed E-state index contributed by atoms with van der Waals surface area (Å²) >= 11 is 6.04. The van der Waals surface area contributed by atoms with Crippen molar-refractivity contribution in [3.05, 3.63) is 82.8 Å². The van der Waals surface area contributed by atoms with Gasteiger partial charge in [0.15, 0.2) is 0 Å². The third kappa shape index (κ3) is 4.81. The number of anilines is 1. The van der Waals surface area contributed by atoms with E-state index >= 15 is 0 Å². The molecule has 0 radical (unpaired) electrons. The van der Waals surface area contributed by atoms with Gasteiger partial charge in [0.05, 0.1) is 41.8 Å². The van der Waals surface area contributed by atoms with Gasteiger partial charge in [-0.1, -0.05) is 23.7 Å². The summed E-state index contributed by atoms with van der Waals surface area (Å²) in [4.78, 5) is 24.0. The molecular weight excluding hydrogens is 432 g/mol. The average molecular weight is 449 g/mol. The van der Waals surface area contributed by atoms with Gasteiger partial charge in [-0.05, 0) is 42.5 Å². The molecule has 0 aliphatic carbocycles. The predicted octanol–water partition coefficient (Wildman–Crippen LogP) is 3.45. The zero-order valence-electron chi connectivity index (χ0n) is 15.7. The fourth-order valence-corrected chi connectivity index (χ4v) is 4.21. The molecule has 0 fully saturated rings. The second-order valence-corrected chi connectivity index (χ2v) is 8.11. The van der Waals surface area contributed by atoms with E-state index in [9.17, 15) is 18.0 Å². The van der Waals surface area contributed by atoms with Crippen LogP contribution in [0.1, 0.15) is 26.5 Å². The molecule has 156 valence electrons. The Morgan fingerprint density at radius 2 is 1.87 bits per heavy atom. The van der Waals surface area contributed by atoms with Gasteiger partial charge in [0, 0.05) is 0 Å². The van der Waals surface area contributed by atoms with Gasteiger partial charge in [0.25, 0.3) is 15.9 Å². The largest absolute Gasteiger partial charge is 0.467 e. The summed E-state index contributed by atoms with van der Waals surface area (Å²) in [7, 11) is -3.03. The molecule has 30 heavy (non-hydrogen) atoms. The summed E-state index contributed by atoms with van der Waals surface area (Å²) in [6.45, 7) is 0.139. The molecule has 3 aromatic rings. The van der Waals surface area contributed by atoms with Crippen LogP contribution in [0.5, 0.6) is 0 Å². The van der Waals surface area contributed by atoms with Gasteiger partial charge >= 0.3 is 5.97 Å². The van der Waals surface area contributed by atoms with Crippen LogP contribution < -0.4 is 10.0 Å². The van der Waals surface area contributed by atoms with Crippen LogP contribution in [-0.2, 0) is 21.3 Å². The maximum Gasteiger partial charge on any atom is 0.337 e. The van der Waals surface area contributed by atoms with Crippen molar-refractivity contribution in [2.75, 3.05) is 11.8 Å². The number of sulfonamides is 1. The highest BCUT2D eigenvalue weighted by Gasteiger charge is 2.23. The van der Waals surface area contributed by atoms with Gasteiger partial charge in [-0.3, -0.25) is 9.52 Å². The molecule has 0 atom stereocenters. The van der Waals surface area contributed by atoms with Crippen LogP contribution in [-0.4, -0.2) is 27.4 Å². The molecule has 1 amide bonds. The zero-order chi connectivity index (χ0) is 21.7. The van der Waals surface area contributed by atoms with Crippen LogP contribution in [0, 0.1) is 0 Å². The van der Waals surface area contributed by atoms with E-state index in [1.165, 1.54) is 37.6 Å². The Hall–Kier alpha value is -3.30. The van der Waals surface area contributed by atoms with E-state index in [0.29, 0.717) is 5.76 Å². The first-order valence-electron chi connectivity index (χ1n) is 8.62. The van der Waals surface area contributed by atoms with Crippen molar-refractivity contribution in [2.24, 2.45) is 0 Å². The number of hydrogen-bond donors (Lipinski definition) is 2. The molecule has 0 aliphatic heterocycles. The number of esters is 1. The SMILES string of the molecule is COC(=O)c1ccc(Cl)c(S(=O)(=O)Nc2ccccc2C(=O)NCc2ccco2)c1. The van der Waals surface area contributed by atoms with E-state index in [4.69, 9.17) is 16.0 Å². The fourth-order valence-electron chi connectivity index (χ4n) is 2.60. The van der Waals surface area contributed by atoms with E-state index in [-0.39, 0.29) is 33.3 Å². The normalized spacial score (nSPS) is 11.0. The summed E-state index contributed by atoms with van der Waals surface area (Å²) in [6, 6.07) is 13.2. The standard InChI is InChI=1S/C20H17ClN2O6S/c1-28-20(25)13-8-9-16(21)18(11-13)30(26,27)23-17-7-3-2-6-15(17)19(24)22-12-14-5-4-10-29-14/h2-11,23H,12H2,1H3,(H,22,24). The van der Waals surface area contributed by atoms with Crippen molar-refractivity contribution in [3.63, 3.8) is 0 Å². The monoisotopic (exact) mass is 448 g/mol. The molecule has 0 saturated heterocycles. The molecule has 0 bridgehead atoms. The number of para-hydroxylation sites is 1. The van der Waals surface area contributed by atoms with Crippen LogP contribution in [0.15, 0.2) is 70.2 Å². The molecule has 10 heteroatoms. The Balaban J connectivity index is 1.87. The van der Waals surface area contributed by atoms with Crippen LogP contribution in [0.4, 0.5) is 5.69 Å². The minimum Gasteiger partial charge on any atom is -0.467 e. The Kier molecular flexibility index (Phi) is 6.43. The summed E-state index contributed by atoms with van der Waals surface area (Å²) in [6.07, 6.45) is 1.48. The summed E-state index contributed by atoms with van der Waals surface area (Å²) < 4.78 is 37.9. The second-order valence-electron chi connectivity index (χ2n) is 6.05. The molecule has 0 saturated carbocycles. The number of amides is 1. The predicted molar refractivity (Wildman–Crippen MR) is 110 cm³/mol. The second kappa shape index (κ2) is 9.02. The topological polar surface area (TPSA) is 115 Å². The first-order chi connectivity index (χ1) is 14.3. The molecule has 8 nitrogen and oxygen atoms in total. The van der Waals surface area contributed by atoms with Gasteiger partial charge in [-0.2, -0.15) is 0 Å². The maximum absolute atomic E-state index is 12.9. The summed E-state index contributed by atoms with van der Waals surface area (Å²) in [5, 5.41) is 2.57. The number of methoxy groups -OCH3 is 1. The molecule has 3 rings (SSSR count). The number of benzene rings is 2. The number of nitrogens with one attached hydrogen (secondary N) is 2. The third-order valence-electron chi connectivity index (χ3n) is 4.06. The summed E-state index contributed by atoms with van der Waals surface area (Å²) in [5.41, 5.74) is 0.175. The van der Waals surface area contributed by atoms with Crippen molar-refractivity contribution in [2.45, 2.75) is 11.4 Å². The third-order valence-corrected chi connectivity index (χ3v) is 5.91. The van der Waals surface area contributed by atoms with Crippen LogP contribution in [0.25, 0.3) is 0 Å². The van der Waals surface area contributed by atoms with Crippen LogP contribution in [0.2, 0.25) is 5.02 Å². The quantitative estimate of drug-likeness (QED) is 0.535. The molecule has 1 heterocycles. The van der Waals surface area contributed by atoms with E-state index < -0.39 is 21.9 Å². The summed E-state index contributed by atoms with van der Waals surface area (Å²) in [5.74, 6) is -0.659. The lowest BCUT2D eigenvalue weighted by molar-refractivity contribution is 0.0600. The first-order valence-corrected chi connectivity index (χ1v) is 10.5. The van der Waals surface area contributed by atoms with E-state index in [1.54, 1.807) is 24.3 Å². The molecule has 2 aromatic carbocycles. The number of halogens is 1. The molecule has 1 aromatic heterocycles. The Morgan fingerprint density at radius 1 is 1.10 bits per heavy atom. The number of carbonyl (C=O) groups excluding carboxylic acids is 2. The van der Waals surface area contributed by atoms with Crippen molar-refractivity contribution in [3.8, 4) is 0 Å². The Labute approximate surface area is 177 Å². The van der Waals surface area contributed by atoms with E-state index in [1.807, 2.05) is 0 Å². The molecular formula is C20H17ClN2O6S. The zero-order valence-corrected chi connectivity index (χ0v) is 17.3. The fraction of sp³-hybridized carbons (Fsp3) is 0.100. The first kappa shape index (κ1) is 21.4. The van der Waals surface area contributed by atoms with E-state index in [2.05, 4.69) is 14.8 Å². The number of hydrogen-bond acceptors (Lipinski definition) is 6. The molecule has 2 N–H and O–H groups in total. The van der Waals surface area contributed by atoms with Crippen molar-refractivity contribution in [1.82, 2.24) is 5.32 Å². The molecule has 0 spiro atoms. The minimum absolute atomic E-state index is 0.0201. The number of rotatable bonds is 7. The minimum atomic E-state index is -4.21. The highest BCUT2D eigenvalue weighted by atomic mass is 35.5. The van der Waals surface area contributed by atoms with Crippen molar-refractivity contribution in [1.29, 1.82) is 0 Å². The number of carbonyl (C=O) groups is 2. The smallest absolute Gasteiger partial charge is 0.337 e. The lowest BCUT2D eigenvalue weighted by Crippen LogP contribution is -2.25. The molecule has 0 aliphatic rings. The van der Waals surface area contributed by atoms with Crippen LogP contribution >= 0.6 is 11.6 Å². The Morgan fingerprint density at radius 3 is 2.57 bits per heavy atom. The van der Waals surface area contributed by atoms with Gasteiger partial charge < -0.3 is 14.5 Å². The lowest BCUT2D eigenvalue weighted by atomic mass is 10.1. The lowest BCUT2D eigenvalue weighted by Gasteiger charge is -2.14. The van der Waals surface area contributed by atoms with E-state index in [0.717, 1.165) is 6.07 Å². The highest BCUT2D eigenvalue weighted by Crippen LogP contribution is 2.26. The van der Waals surface area contributed by atoms with Gasteiger partial charge in [0.1, 0.15) is 10.7 Å². The number of ether oxygens (including phenoxy) is 1. The maximum atomic E-state index is 12.9. The highest BCUT2D eigenvalue weighted by molar-refractivity contribution is 7.92. The average Bonchev–Trinajstić information content (AvgIpc) is 3.25. The van der Waals surface area contributed by atoms with Gasteiger partial charge in [-0.15, -0.1) is 0 Å². The van der Waals surface area contributed by atoms with Crippen molar-refractivity contribution < 1.29 is 27.2 Å². The van der Waals surface area contributed by atoms with Crippen molar-refractivity contribution >= 4 is 39.2 Å². The van der Waals surface area contributed by atoms with Gasteiger partial charge in [-0.25, -0.2) is 13.2 Å². The molecule has 0 unspecified atom stereocenters. The Bertz CT molecular complexity index is 1180. The number of furan rings is 1. The van der Waals surface area contributed by atoms with Crippen LogP contribution in [0.3, 0.4) is 0 Å². The van der Waals surface area contributed by atoms with Gasteiger partial charge in [0.2, 0.25) is 0 Å².